The molecule has 0 unspecified atom stereocenters. The van der Waals surface area contributed by atoms with E-state index in [0.29, 0.717) is 16.7 Å². The van der Waals surface area contributed by atoms with Crippen LogP contribution in [-0.4, -0.2) is 4.98 Å². The molecule has 0 fully saturated rings. The summed E-state index contributed by atoms with van der Waals surface area (Å²) in [5, 5.41) is 0.681. The van der Waals surface area contributed by atoms with Crippen LogP contribution in [0.1, 0.15) is 5.56 Å². The molecule has 5 heteroatoms. The monoisotopic (exact) mass is 249 g/mol. The fourth-order valence-corrected chi connectivity index (χ4v) is 1.62. The van der Waals surface area contributed by atoms with Crippen molar-refractivity contribution in [1.29, 1.82) is 0 Å². The maximum Gasteiger partial charge on any atom is 0.221 e. The van der Waals surface area contributed by atoms with Gasteiger partial charge in [0.15, 0.2) is 0 Å². The number of rotatable bonds is 3. The number of nitrogens with two attached hydrogens (primary N) is 1. The highest BCUT2D eigenvalue weighted by Gasteiger charge is 2.03. The summed E-state index contributed by atoms with van der Waals surface area (Å²) >= 11 is 5.87. The molecule has 88 valence electrons. The summed E-state index contributed by atoms with van der Waals surface area (Å²) in [5.41, 5.74) is 3.41. The molecule has 0 aliphatic rings. The normalized spacial score (nSPS) is 10.1. The Morgan fingerprint density at radius 2 is 2.12 bits per heavy atom. The molecule has 1 aromatic carbocycles. The van der Waals surface area contributed by atoms with Crippen LogP contribution in [0.25, 0.3) is 0 Å². The maximum atomic E-state index is 5.87. The molecular formula is C12H12ClN3O. The highest BCUT2D eigenvalue weighted by Crippen LogP contribution is 2.26. The Labute approximate surface area is 104 Å². The first kappa shape index (κ1) is 11.7. The van der Waals surface area contributed by atoms with Crippen molar-refractivity contribution in [1.82, 2.24) is 4.98 Å². The van der Waals surface area contributed by atoms with Crippen molar-refractivity contribution in [3.05, 3.63) is 47.0 Å². The number of pyridine rings is 1. The summed E-state index contributed by atoms with van der Waals surface area (Å²) in [6.45, 7) is 1.92. The van der Waals surface area contributed by atoms with Crippen LogP contribution in [0.4, 0.5) is 5.82 Å². The van der Waals surface area contributed by atoms with Gasteiger partial charge >= 0.3 is 0 Å². The molecule has 1 aromatic heterocycles. The van der Waals surface area contributed by atoms with Gasteiger partial charge in [-0.05, 0) is 36.8 Å². The predicted molar refractivity (Wildman–Crippen MR) is 68.3 cm³/mol. The number of halogens is 1. The van der Waals surface area contributed by atoms with Crippen molar-refractivity contribution in [2.75, 3.05) is 5.43 Å². The van der Waals surface area contributed by atoms with E-state index in [1.165, 1.54) is 0 Å². The van der Waals surface area contributed by atoms with Crippen molar-refractivity contribution in [3.63, 3.8) is 0 Å². The van der Waals surface area contributed by atoms with Crippen molar-refractivity contribution in [2.45, 2.75) is 6.92 Å². The largest absolute Gasteiger partial charge is 0.439 e. The van der Waals surface area contributed by atoms with Crippen LogP contribution in [0.5, 0.6) is 11.6 Å². The van der Waals surface area contributed by atoms with E-state index in [1.807, 2.05) is 25.1 Å². The summed E-state index contributed by atoms with van der Waals surface area (Å²) in [5.74, 6) is 7.02. The molecule has 1 heterocycles. The molecule has 0 radical (unpaired) electrons. The average molecular weight is 250 g/mol. The van der Waals surface area contributed by atoms with Crippen LogP contribution in [0.2, 0.25) is 5.02 Å². The topological polar surface area (TPSA) is 60.2 Å². The van der Waals surface area contributed by atoms with Gasteiger partial charge in [0.25, 0.3) is 0 Å². The van der Waals surface area contributed by atoms with Gasteiger partial charge in [-0.1, -0.05) is 17.7 Å². The Hall–Kier alpha value is -1.78. The SMILES string of the molecule is Cc1cc(Cl)ccc1Oc1cccc(NN)n1. The van der Waals surface area contributed by atoms with Crippen molar-refractivity contribution < 1.29 is 4.74 Å². The Morgan fingerprint density at radius 1 is 1.29 bits per heavy atom. The average Bonchev–Trinajstić information content (AvgIpc) is 2.33. The Balaban J connectivity index is 2.25. The summed E-state index contributed by atoms with van der Waals surface area (Å²) < 4.78 is 5.64. The molecule has 0 spiro atoms. The molecular weight excluding hydrogens is 238 g/mol. The minimum Gasteiger partial charge on any atom is -0.439 e. The maximum absolute atomic E-state index is 5.87. The summed E-state index contributed by atoms with van der Waals surface area (Å²) in [6.07, 6.45) is 0. The molecule has 0 amide bonds. The van der Waals surface area contributed by atoms with Crippen LogP contribution in [0.3, 0.4) is 0 Å². The molecule has 0 bridgehead atoms. The van der Waals surface area contributed by atoms with Crippen LogP contribution in [0, 0.1) is 6.92 Å². The quantitative estimate of drug-likeness (QED) is 0.648. The van der Waals surface area contributed by atoms with E-state index in [1.54, 1.807) is 18.2 Å². The smallest absolute Gasteiger partial charge is 0.221 e. The van der Waals surface area contributed by atoms with Crippen molar-refractivity contribution in [3.8, 4) is 11.6 Å². The molecule has 0 saturated carbocycles. The lowest BCUT2D eigenvalue weighted by Gasteiger charge is -2.08. The number of hydrogen-bond donors (Lipinski definition) is 2. The number of nitrogens with zero attached hydrogens (tertiary/aromatic N) is 1. The van der Waals surface area contributed by atoms with E-state index in [2.05, 4.69) is 10.4 Å². The second-order valence-electron chi connectivity index (χ2n) is 3.52. The number of benzene rings is 1. The number of anilines is 1. The number of aromatic nitrogens is 1. The van der Waals surface area contributed by atoms with E-state index in [0.717, 1.165) is 11.3 Å². The minimum absolute atomic E-state index is 0.478. The van der Waals surface area contributed by atoms with E-state index in [-0.39, 0.29) is 0 Å². The first-order valence-corrected chi connectivity index (χ1v) is 5.44. The third kappa shape index (κ3) is 2.87. The standard InChI is InChI=1S/C12H12ClN3O/c1-8-7-9(13)5-6-10(8)17-12-4-2-3-11(15-12)16-14/h2-7H,14H2,1H3,(H,15,16). The van der Waals surface area contributed by atoms with E-state index in [4.69, 9.17) is 22.2 Å². The van der Waals surface area contributed by atoms with Gasteiger partial charge in [0, 0.05) is 11.1 Å². The third-order valence-electron chi connectivity index (χ3n) is 2.22. The number of hydrogen-bond acceptors (Lipinski definition) is 4. The van der Waals surface area contributed by atoms with Crippen LogP contribution < -0.4 is 16.0 Å². The minimum atomic E-state index is 0.478. The van der Waals surface area contributed by atoms with Crippen LogP contribution in [0.15, 0.2) is 36.4 Å². The first-order valence-electron chi connectivity index (χ1n) is 5.07. The van der Waals surface area contributed by atoms with Gasteiger partial charge in [0.05, 0.1) is 0 Å². The second kappa shape index (κ2) is 5.03. The molecule has 3 N–H and O–H groups in total. The zero-order valence-corrected chi connectivity index (χ0v) is 10.0. The summed E-state index contributed by atoms with van der Waals surface area (Å²) in [7, 11) is 0. The molecule has 4 nitrogen and oxygen atoms in total. The van der Waals surface area contributed by atoms with Gasteiger partial charge in [0.1, 0.15) is 11.6 Å². The van der Waals surface area contributed by atoms with Gasteiger partial charge < -0.3 is 10.2 Å². The highest BCUT2D eigenvalue weighted by molar-refractivity contribution is 6.30. The van der Waals surface area contributed by atoms with E-state index >= 15 is 0 Å². The fourth-order valence-electron chi connectivity index (χ4n) is 1.39. The highest BCUT2D eigenvalue weighted by atomic mass is 35.5. The lowest BCUT2D eigenvalue weighted by Crippen LogP contribution is -2.08. The first-order chi connectivity index (χ1) is 8.19. The van der Waals surface area contributed by atoms with Crippen molar-refractivity contribution >= 4 is 17.4 Å². The number of nitrogen functional groups attached to an aromatic ring is 1. The second-order valence-corrected chi connectivity index (χ2v) is 3.95. The molecule has 2 rings (SSSR count). The van der Waals surface area contributed by atoms with Crippen molar-refractivity contribution in [2.24, 2.45) is 5.84 Å². The summed E-state index contributed by atoms with van der Waals surface area (Å²) in [6, 6.07) is 10.7. The fraction of sp³-hybridized carbons (Fsp3) is 0.0833. The Morgan fingerprint density at radius 3 is 2.82 bits per heavy atom. The van der Waals surface area contributed by atoms with Gasteiger partial charge in [-0.25, -0.2) is 5.84 Å². The van der Waals surface area contributed by atoms with Crippen LogP contribution >= 0.6 is 11.6 Å². The van der Waals surface area contributed by atoms with E-state index < -0.39 is 0 Å². The summed E-state index contributed by atoms with van der Waals surface area (Å²) in [4.78, 5) is 4.16. The molecule has 17 heavy (non-hydrogen) atoms. The Bertz CT molecular complexity index is 531. The van der Waals surface area contributed by atoms with Gasteiger partial charge in [0.2, 0.25) is 5.88 Å². The predicted octanol–water partition coefficient (Wildman–Crippen LogP) is 3.12. The van der Waals surface area contributed by atoms with Crippen LogP contribution in [-0.2, 0) is 0 Å². The molecule has 2 aromatic rings. The van der Waals surface area contributed by atoms with Gasteiger partial charge in [-0.3, -0.25) is 0 Å². The number of ether oxygens (including phenoxy) is 1. The lowest BCUT2D eigenvalue weighted by atomic mass is 10.2. The number of hydrazine groups is 1. The third-order valence-corrected chi connectivity index (χ3v) is 2.46. The van der Waals surface area contributed by atoms with Gasteiger partial charge in [-0.2, -0.15) is 4.98 Å². The number of nitrogens with one attached hydrogen (secondary N) is 1. The molecule has 0 aliphatic heterocycles. The molecule has 0 aliphatic carbocycles. The Kier molecular flexibility index (Phi) is 3.46. The lowest BCUT2D eigenvalue weighted by molar-refractivity contribution is 0.460. The van der Waals surface area contributed by atoms with E-state index in [9.17, 15) is 0 Å². The zero-order valence-electron chi connectivity index (χ0n) is 9.27. The number of aryl methyl sites for hydroxylation is 1. The molecule has 0 atom stereocenters. The zero-order chi connectivity index (χ0) is 12.3. The molecule has 0 saturated heterocycles. The van der Waals surface area contributed by atoms with Gasteiger partial charge in [-0.15, -0.1) is 0 Å².